The molecule has 1 aliphatic rings. The Hall–Kier alpha value is -2.53. The summed E-state index contributed by atoms with van der Waals surface area (Å²) in [6, 6.07) is 9.07. The molecule has 0 saturated heterocycles. The largest absolute Gasteiger partial charge is 0.479 e. The van der Waals surface area contributed by atoms with Crippen molar-refractivity contribution in [3.8, 4) is 5.75 Å². The van der Waals surface area contributed by atoms with Crippen LogP contribution in [0, 0.1) is 20.8 Å². The van der Waals surface area contributed by atoms with Crippen LogP contribution in [0.3, 0.4) is 0 Å². The van der Waals surface area contributed by atoms with Gasteiger partial charge in [-0.25, -0.2) is 0 Å². The second-order valence-electron chi connectivity index (χ2n) is 6.62. The highest BCUT2D eigenvalue weighted by Gasteiger charge is 2.33. The van der Waals surface area contributed by atoms with Crippen molar-refractivity contribution in [3.05, 3.63) is 52.0 Å². The lowest BCUT2D eigenvalue weighted by Crippen LogP contribution is -2.47. The van der Waals surface area contributed by atoms with Gasteiger partial charge in [-0.05, 0) is 57.0 Å². The predicted octanol–water partition coefficient (Wildman–Crippen LogP) is 4.02. The molecule has 0 saturated carbocycles. The van der Waals surface area contributed by atoms with E-state index in [4.69, 9.17) is 16.3 Å². The zero-order chi connectivity index (χ0) is 19.0. The first-order valence-corrected chi connectivity index (χ1v) is 8.79. The van der Waals surface area contributed by atoms with Crippen LogP contribution in [0.15, 0.2) is 30.3 Å². The van der Waals surface area contributed by atoms with Crippen molar-refractivity contribution < 1.29 is 14.3 Å². The predicted molar refractivity (Wildman–Crippen MR) is 103 cm³/mol. The Bertz CT molecular complexity index is 872. The van der Waals surface area contributed by atoms with Crippen LogP contribution in [0.4, 0.5) is 11.4 Å². The van der Waals surface area contributed by atoms with Gasteiger partial charge in [0.05, 0.1) is 5.69 Å². The lowest BCUT2D eigenvalue weighted by atomic mass is 10.1. The number of anilines is 2. The van der Waals surface area contributed by atoms with Gasteiger partial charge in [0, 0.05) is 10.7 Å². The topological polar surface area (TPSA) is 58.6 Å². The molecule has 0 bridgehead atoms. The molecule has 2 aromatic carbocycles. The first-order chi connectivity index (χ1) is 12.3. The third-order valence-corrected chi connectivity index (χ3v) is 4.61. The van der Waals surface area contributed by atoms with Gasteiger partial charge < -0.3 is 10.1 Å². The molecule has 2 amide bonds. The summed E-state index contributed by atoms with van der Waals surface area (Å²) in [7, 11) is 0. The van der Waals surface area contributed by atoms with Crippen LogP contribution in [0.25, 0.3) is 0 Å². The third kappa shape index (κ3) is 3.53. The van der Waals surface area contributed by atoms with Crippen LogP contribution >= 0.6 is 11.6 Å². The molecule has 26 heavy (non-hydrogen) atoms. The smallest absolute Gasteiger partial charge is 0.268 e. The van der Waals surface area contributed by atoms with Crippen LogP contribution < -0.4 is 15.0 Å². The number of benzene rings is 2. The Morgan fingerprint density at radius 1 is 1.19 bits per heavy atom. The zero-order valence-corrected chi connectivity index (χ0v) is 16.0. The summed E-state index contributed by atoms with van der Waals surface area (Å²) in [5.41, 5.74) is 4.40. The van der Waals surface area contributed by atoms with Crippen LogP contribution in [0.1, 0.15) is 23.6 Å². The number of nitrogens with zero attached hydrogens (tertiary/aromatic N) is 1. The standard InChI is InChI=1S/C20H21ClN2O3/c1-11-7-12(2)19(13(3)8-11)22-18(24)10-23-16-9-15(21)5-6-17(16)26-14(4)20(23)25/h5-9,14H,10H2,1-4H3,(H,22,24). The number of aryl methyl sites for hydroxylation is 3. The van der Waals surface area contributed by atoms with Gasteiger partial charge in [-0.15, -0.1) is 0 Å². The van der Waals surface area contributed by atoms with Gasteiger partial charge in [-0.1, -0.05) is 29.3 Å². The fourth-order valence-corrected chi connectivity index (χ4v) is 3.41. The summed E-state index contributed by atoms with van der Waals surface area (Å²) in [6.07, 6.45) is -0.653. The van der Waals surface area contributed by atoms with Gasteiger partial charge >= 0.3 is 0 Å². The second kappa shape index (κ2) is 7.00. The van der Waals surface area contributed by atoms with E-state index < -0.39 is 6.10 Å². The fourth-order valence-electron chi connectivity index (χ4n) is 3.24. The summed E-state index contributed by atoms with van der Waals surface area (Å²) >= 11 is 6.05. The molecule has 136 valence electrons. The molecule has 3 rings (SSSR count). The summed E-state index contributed by atoms with van der Waals surface area (Å²) < 4.78 is 5.60. The molecule has 5 nitrogen and oxygen atoms in total. The van der Waals surface area contributed by atoms with E-state index in [1.165, 1.54) is 4.90 Å². The lowest BCUT2D eigenvalue weighted by molar-refractivity contribution is -0.127. The van der Waals surface area contributed by atoms with Gasteiger partial charge in [0.15, 0.2) is 6.10 Å². The first-order valence-electron chi connectivity index (χ1n) is 8.41. The fraction of sp³-hybridized carbons (Fsp3) is 0.300. The van der Waals surface area contributed by atoms with E-state index in [0.29, 0.717) is 16.5 Å². The minimum absolute atomic E-state index is 0.105. The minimum Gasteiger partial charge on any atom is -0.479 e. The molecule has 1 heterocycles. The van der Waals surface area contributed by atoms with Crippen molar-refractivity contribution in [1.82, 2.24) is 0 Å². The van der Waals surface area contributed by atoms with Crippen molar-refractivity contribution >= 4 is 34.8 Å². The molecular formula is C20H21ClN2O3. The van der Waals surface area contributed by atoms with E-state index in [1.807, 2.05) is 32.9 Å². The van der Waals surface area contributed by atoms with Gasteiger partial charge in [0.25, 0.3) is 5.91 Å². The molecule has 0 aromatic heterocycles. The van der Waals surface area contributed by atoms with Crippen molar-refractivity contribution in [2.45, 2.75) is 33.8 Å². The highest BCUT2D eigenvalue weighted by atomic mass is 35.5. The van der Waals surface area contributed by atoms with Crippen LogP contribution in [0.2, 0.25) is 5.02 Å². The number of hydrogen-bond acceptors (Lipinski definition) is 3. The number of hydrogen-bond donors (Lipinski definition) is 1. The van der Waals surface area contributed by atoms with Gasteiger partial charge in [-0.2, -0.15) is 0 Å². The number of fused-ring (bicyclic) bond motifs is 1. The number of rotatable bonds is 3. The molecule has 6 heteroatoms. The quantitative estimate of drug-likeness (QED) is 0.885. The Morgan fingerprint density at radius 3 is 2.50 bits per heavy atom. The van der Waals surface area contributed by atoms with Crippen molar-refractivity contribution in [2.75, 3.05) is 16.8 Å². The van der Waals surface area contributed by atoms with E-state index >= 15 is 0 Å². The molecule has 1 N–H and O–H groups in total. The summed E-state index contributed by atoms with van der Waals surface area (Å²) in [6.45, 7) is 7.48. The zero-order valence-electron chi connectivity index (χ0n) is 15.2. The second-order valence-corrected chi connectivity index (χ2v) is 7.05. The van der Waals surface area contributed by atoms with Crippen LogP contribution in [0.5, 0.6) is 5.75 Å². The van der Waals surface area contributed by atoms with E-state index in [2.05, 4.69) is 5.32 Å². The van der Waals surface area contributed by atoms with Gasteiger partial charge in [-0.3, -0.25) is 14.5 Å². The monoisotopic (exact) mass is 372 g/mol. The Labute approximate surface area is 157 Å². The Morgan fingerprint density at radius 2 is 1.85 bits per heavy atom. The number of halogens is 1. The molecule has 0 spiro atoms. The Balaban J connectivity index is 1.85. The van der Waals surface area contributed by atoms with Crippen LogP contribution in [-0.4, -0.2) is 24.5 Å². The molecule has 1 atom stereocenters. The van der Waals surface area contributed by atoms with E-state index in [9.17, 15) is 9.59 Å². The maximum Gasteiger partial charge on any atom is 0.268 e. The summed E-state index contributed by atoms with van der Waals surface area (Å²) in [5, 5.41) is 3.40. The summed E-state index contributed by atoms with van der Waals surface area (Å²) in [5.74, 6) is -0.00214. The minimum atomic E-state index is -0.653. The molecule has 0 aliphatic carbocycles. The van der Waals surface area contributed by atoms with Crippen molar-refractivity contribution in [2.24, 2.45) is 0 Å². The van der Waals surface area contributed by atoms with E-state index in [0.717, 1.165) is 22.4 Å². The molecule has 0 radical (unpaired) electrons. The highest BCUT2D eigenvalue weighted by molar-refractivity contribution is 6.31. The number of carbonyl (C=O) groups excluding carboxylic acids is 2. The number of amides is 2. The maximum absolute atomic E-state index is 12.6. The highest BCUT2D eigenvalue weighted by Crippen LogP contribution is 2.36. The van der Waals surface area contributed by atoms with Gasteiger partial charge in [0.1, 0.15) is 12.3 Å². The molecule has 0 fully saturated rings. The lowest BCUT2D eigenvalue weighted by Gasteiger charge is -2.32. The first kappa shape index (κ1) is 18.3. The molecule has 1 aliphatic heterocycles. The average molecular weight is 373 g/mol. The maximum atomic E-state index is 12.6. The molecular weight excluding hydrogens is 352 g/mol. The van der Waals surface area contributed by atoms with Crippen molar-refractivity contribution in [1.29, 1.82) is 0 Å². The third-order valence-electron chi connectivity index (χ3n) is 4.37. The molecule has 2 aromatic rings. The van der Waals surface area contributed by atoms with Crippen molar-refractivity contribution in [3.63, 3.8) is 0 Å². The summed E-state index contributed by atoms with van der Waals surface area (Å²) in [4.78, 5) is 26.6. The average Bonchev–Trinajstić information content (AvgIpc) is 2.56. The number of ether oxygens (including phenoxy) is 1. The normalized spacial score (nSPS) is 16.1. The molecule has 1 unspecified atom stereocenters. The number of nitrogens with one attached hydrogen (secondary N) is 1. The SMILES string of the molecule is Cc1cc(C)c(NC(=O)CN2C(=O)C(C)Oc3ccc(Cl)cc32)c(C)c1. The van der Waals surface area contributed by atoms with Crippen LogP contribution in [-0.2, 0) is 9.59 Å². The van der Waals surface area contributed by atoms with E-state index in [-0.39, 0.29) is 18.4 Å². The Kier molecular flexibility index (Phi) is 4.92. The number of carbonyl (C=O) groups is 2. The van der Waals surface area contributed by atoms with E-state index in [1.54, 1.807) is 25.1 Å². The van der Waals surface area contributed by atoms with Gasteiger partial charge in [0.2, 0.25) is 5.91 Å².